The topological polar surface area (TPSA) is 61.9 Å². The zero-order valence-corrected chi connectivity index (χ0v) is 16.7. The summed E-state index contributed by atoms with van der Waals surface area (Å²) in [4.78, 5) is 28.8. The van der Waals surface area contributed by atoms with Crippen LogP contribution in [-0.4, -0.2) is 61.4 Å². The van der Waals surface area contributed by atoms with E-state index in [0.717, 1.165) is 43.1 Å². The van der Waals surface area contributed by atoms with Crippen molar-refractivity contribution < 1.29 is 14.3 Å². The minimum atomic E-state index is -0.235. The first-order valence-corrected chi connectivity index (χ1v) is 9.51. The zero-order valence-electron chi connectivity index (χ0n) is 16.7. The second kappa shape index (κ2) is 8.89. The van der Waals surface area contributed by atoms with Gasteiger partial charge in [-0.25, -0.2) is 0 Å². The van der Waals surface area contributed by atoms with Gasteiger partial charge in [-0.3, -0.25) is 9.59 Å². The first kappa shape index (κ1) is 19.9. The van der Waals surface area contributed by atoms with E-state index in [1.54, 1.807) is 24.3 Å². The summed E-state index contributed by atoms with van der Waals surface area (Å²) < 4.78 is 5.67. The number of nitrogens with one attached hydrogen (secondary N) is 1. The molecule has 1 aliphatic rings. The highest BCUT2D eigenvalue weighted by molar-refractivity contribution is 5.96. The lowest BCUT2D eigenvalue weighted by Crippen LogP contribution is -2.47. The first-order valence-electron chi connectivity index (χ1n) is 9.51. The van der Waals surface area contributed by atoms with Gasteiger partial charge in [-0.1, -0.05) is 18.2 Å². The van der Waals surface area contributed by atoms with Crippen molar-refractivity contribution >= 4 is 17.5 Å². The van der Waals surface area contributed by atoms with E-state index in [1.165, 1.54) is 0 Å². The molecule has 0 saturated carbocycles. The van der Waals surface area contributed by atoms with Gasteiger partial charge in [-0.2, -0.15) is 0 Å². The van der Waals surface area contributed by atoms with Gasteiger partial charge in [0.25, 0.3) is 11.8 Å². The molecule has 3 rings (SSSR count). The molecule has 6 heteroatoms. The van der Waals surface area contributed by atoms with Crippen LogP contribution in [0.3, 0.4) is 0 Å². The van der Waals surface area contributed by atoms with Crippen molar-refractivity contribution in [1.29, 1.82) is 0 Å². The van der Waals surface area contributed by atoms with Gasteiger partial charge in [0.2, 0.25) is 0 Å². The summed E-state index contributed by atoms with van der Waals surface area (Å²) in [5, 5.41) is 2.81. The van der Waals surface area contributed by atoms with Crippen molar-refractivity contribution in [2.24, 2.45) is 0 Å². The minimum Gasteiger partial charge on any atom is -0.483 e. The van der Waals surface area contributed by atoms with Crippen molar-refractivity contribution in [1.82, 2.24) is 9.80 Å². The molecule has 0 aromatic heterocycles. The number of benzene rings is 2. The number of hydrogen-bond donors (Lipinski definition) is 1. The Morgan fingerprint density at radius 2 is 1.57 bits per heavy atom. The number of carbonyl (C=O) groups is 2. The molecular formula is C22H27N3O3. The molecule has 2 aromatic carbocycles. The summed E-state index contributed by atoms with van der Waals surface area (Å²) >= 11 is 0. The highest BCUT2D eigenvalue weighted by atomic mass is 16.5. The van der Waals surface area contributed by atoms with Gasteiger partial charge in [0.15, 0.2) is 6.61 Å². The molecule has 148 valence electrons. The van der Waals surface area contributed by atoms with E-state index < -0.39 is 0 Å². The van der Waals surface area contributed by atoms with Crippen LogP contribution < -0.4 is 10.1 Å². The molecule has 0 spiro atoms. The fourth-order valence-corrected chi connectivity index (χ4v) is 3.25. The van der Waals surface area contributed by atoms with Gasteiger partial charge in [-0.05, 0) is 56.3 Å². The van der Waals surface area contributed by atoms with Crippen LogP contribution >= 0.6 is 0 Å². The summed E-state index contributed by atoms with van der Waals surface area (Å²) in [6.07, 6.45) is 0. The maximum absolute atomic E-state index is 12.6. The molecule has 2 aromatic rings. The number of aryl methyl sites for hydroxylation is 2. The van der Waals surface area contributed by atoms with Crippen LogP contribution in [0.2, 0.25) is 0 Å². The molecular weight excluding hydrogens is 354 g/mol. The Kier molecular flexibility index (Phi) is 6.31. The van der Waals surface area contributed by atoms with Crippen molar-refractivity contribution in [3.63, 3.8) is 0 Å². The third-order valence-corrected chi connectivity index (χ3v) is 4.96. The van der Waals surface area contributed by atoms with Crippen LogP contribution in [0.1, 0.15) is 21.5 Å². The predicted molar refractivity (Wildman–Crippen MR) is 110 cm³/mol. The summed E-state index contributed by atoms with van der Waals surface area (Å²) in [5.41, 5.74) is 3.28. The molecule has 0 aliphatic carbocycles. The average molecular weight is 381 g/mol. The first-order chi connectivity index (χ1) is 13.4. The van der Waals surface area contributed by atoms with Crippen LogP contribution in [-0.2, 0) is 4.79 Å². The number of likely N-dealkylation sites (N-methyl/N-ethyl adjacent to an activating group) is 1. The fraction of sp³-hybridized carbons (Fsp3) is 0.364. The molecule has 1 aliphatic heterocycles. The number of anilines is 1. The van der Waals surface area contributed by atoms with Crippen LogP contribution in [0.15, 0.2) is 42.5 Å². The van der Waals surface area contributed by atoms with E-state index in [-0.39, 0.29) is 18.4 Å². The smallest absolute Gasteiger partial charge is 0.262 e. The van der Waals surface area contributed by atoms with Crippen molar-refractivity contribution in [3.05, 3.63) is 59.2 Å². The molecule has 0 radical (unpaired) electrons. The molecule has 6 nitrogen and oxygen atoms in total. The number of carbonyl (C=O) groups excluding carboxylic acids is 2. The number of hydrogen-bond acceptors (Lipinski definition) is 4. The minimum absolute atomic E-state index is 0.0318. The highest BCUT2D eigenvalue weighted by Crippen LogP contribution is 2.22. The molecule has 1 heterocycles. The Balaban J connectivity index is 1.53. The molecule has 2 amide bonds. The second-order valence-electron chi connectivity index (χ2n) is 7.23. The van der Waals surface area contributed by atoms with E-state index in [9.17, 15) is 9.59 Å². The Hall–Kier alpha value is -2.86. The average Bonchev–Trinajstić information content (AvgIpc) is 2.68. The number of amides is 2. The van der Waals surface area contributed by atoms with Crippen LogP contribution in [0.5, 0.6) is 5.75 Å². The van der Waals surface area contributed by atoms with E-state index in [0.29, 0.717) is 11.3 Å². The highest BCUT2D eigenvalue weighted by Gasteiger charge is 2.20. The normalized spacial score (nSPS) is 14.6. The van der Waals surface area contributed by atoms with Crippen LogP contribution in [0.25, 0.3) is 0 Å². The Bertz CT molecular complexity index is 820. The standard InChI is InChI=1S/C22H27N3O3/c1-16-5-4-6-17(2)21(16)28-15-20(26)23-19-9-7-18(8-10-19)22(27)25-13-11-24(3)12-14-25/h4-10H,11-15H2,1-3H3,(H,23,26). The van der Waals surface area contributed by atoms with Crippen LogP contribution in [0.4, 0.5) is 5.69 Å². The zero-order chi connectivity index (χ0) is 20.1. The third kappa shape index (κ3) is 4.89. The van der Waals surface area contributed by atoms with Crippen molar-refractivity contribution in [3.8, 4) is 5.75 Å². The Morgan fingerprint density at radius 3 is 2.18 bits per heavy atom. The number of ether oxygens (including phenoxy) is 1. The van der Waals surface area contributed by atoms with Gasteiger partial charge in [0.05, 0.1) is 0 Å². The summed E-state index contributed by atoms with van der Waals surface area (Å²) in [6, 6.07) is 12.9. The number of nitrogens with zero attached hydrogens (tertiary/aromatic N) is 2. The second-order valence-corrected chi connectivity index (χ2v) is 7.23. The molecule has 0 bridgehead atoms. The van der Waals surface area contributed by atoms with Gasteiger partial charge < -0.3 is 19.9 Å². The molecule has 1 saturated heterocycles. The van der Waals surface area contributed by atoms with Gasteiger partial charge in [0, 0.05) is 37.4 Å². The van der Waals surface area contributed by atoms with E-state index >= 15 is 0 Å². The quantitative estimate of drug-likeness (QED) is 0.865. The van der Waals surface area contributed by atoms with Crippen LogP contribution in [0, 0.1) is 13.8 Å². The Morgan fingerprint density at radius 1 is 0.964 bits per heavy atom. The Labute approximate surface area is 166 Å². The predicted octanol–water partition coefficient (Wildman–Crippen LogP) is 2.71. The largest absolute Gasteiger partial charge is 0.483 e. The molecule has 1 N–H and O–H groups in total. The summed E-state index contributed by atoms with van der Waals surface area (Å²) in [6.45, 7) is 7.10. The van der Waals surface area contributed by atoms with E-state index in [4.69, 9.17) is 4.74 Å². The molecule has 28 heavy (non-hydrogen) atoms. The lowest BCUT2D eigenvalue weighted by molar-refractivity contribution is -0.118. The fourth-order valence-electron chi connectivity index (χ4n) is 3.25. The van der Waals surface area contributed by atoms with Crippen molar-refractivity contribution in [2.45, 2.75) is 13.8 Å². The van der Waals surface area contributed by atoms with Gasteiger partial charge in [0.1, 0.15) is 5.75 Å². The maximum Gasteiger partial charge on any atom is 0.262 e. The molecule has 0 unspecified atom stereocenters. The SMILES string of the molecule is Cc1cccc(C)c1OCC(=O)Nc1ccc(C(=O)N2CCN(C)CC2)cc1. The molecule has 1 fully saturated rings. The maximum atomic E-state index is 12.6. The number of piperazine rings is 1. The van der Waals surface area contributed by atoms with Crippen molar-refractivity contribution in [2.75, 3.05) is 45.2 Å². The summed E-state index contributed by atoms with van der Waals surface area (Å²) in [5.74, 6) is 0.538. The third-order valence-electron chi connectivity index (χ3n) is 4.96. The number of para-hydroxylation sites is 1. The van der Waals surface area contributed by atoms with Gasteiger partial charge >= 0.3 is 0 Å². The van der Waals surface area contributed by atoms with E-state index in [1.807, 2.05) is 36.9 Å². The summed E-state index contributed by atoms with van der Waals surface area (Å²) in [7, 11) is 2.06. The lowest BCUT2D eigenvalue weighted by Gasteiger charge is -2.32. The monoisotopic (exact) mass is 381 g/mol. The lowest BCUT2D eigenvalue weighted by atomic mass is 10.1. The number of rotatable bonds is 5. The van der Waals surface area contributed by atoms with E-state index in [2.05, 4.69) is 17.3 Å². The van der Waals surface area contributed by atoms with Gasteiger partial charge in [-0.15, -0.1) is 0 Å². The molecule has 0 atom stereocenters.